The highest BCUT2D eigenvalue weighted by molar-refractivity contribution is 7.88. The largest absolute Gasteiger partial charge is 0.390 e. The van der Waals surface area contributed by atoms with Gasteiger partial charge in [-0.1, -0.05) is 0 Å². The molecule has 2 saturated heterocycles. The number of likely N-dealkylation sites (tertiary alicyclic amines) is 1. The summed E-state index contributed by atoms with van der Waals surface area (Å²) >= 11 is 0. The first-order valence-electron chi connectivity index (χ1n) is 7.98. The van der Waals surface area contributed by atoms with Crippen LogP contribution in [0.25, 0.3) is 0 Å². The molecule has 7 nitrogen and oxygen atoms in total. The van der Waals surface area contributed by atoms with Crippen molar-refractivity contribution in [1.82, 2.24) is 19.2 Å². The van der Waals surface area contributed by atoms with Crippen LogP contribution < -0.4 is 0 Å². The lowest BCUT2D eigenvalue weighted by Crippen LogP contribution is -2.62. The van der Waals surface area contributed by atoms with Crippen molar-refractivity contribution in [2.45, 2.75) is 44.4 Å². The summed E-state index contributed by atoms with van der Waals surface area (Å²) in [7, 11) is -3.29. The van der Waals surface area contributed by atoms with Crippen LogP contribution in [-0.4, -0.2) is 70.2 Å². The van der Waals surface area contributed by atoms with Gasteiger partial charge in [0.15, 0.2) is 0 Å². The van der Waals surface area contributed by atoms with Crippen LogP contribution in [0.5, 0.6) is 0 Å². The number of aromatic nitrogens is 2. The molecule has 8 heteroatoms. The minimum absolute atomic E-state index is 0.467. The van der Waals surface area contributed by atoms with E-state index in [9.17, 15) is 13.5 Å². The van der Waals surface area contributed by atoms with Crippen LogP contribution in [0.3, 0.4) is 0 Å². The van der Waals surface area contributed by atoms with Crippen molar-refractivity contribution >= 4 is 10.0 Å². The normalized spacial score (nSPS) is 30.1. The van der Waals surface area contributed by atoms with E-state index in [1.807, 2.05) is 13.0 Å². The minimum Gasteiger partial charge on any atom is -0.390 e. The van der Waals surface area contributed by atoms with Gasteiger partial charge in [0.05, 0.1) is 23.6 Å². The van der Waals surface area contributed by atoms with Crippen LogP contribution in [0.1, 0.15) is 30.8 Å². The molecule has 1 spiro atoms. The van der Waals surface area contributed by atoms with Crippen LogP contribution in [0.15, 0.2) is 12.3 Å². The molecule has 0 aliphatic carbocycles. The number of aryl methyl sites for hydroxylation is 1. The molecule has 0 radical (unpaired) electrons. The highest BCUT2D eigenvalue weighted by Gasteiger charge is 2.52. The average Bonchev–Trinajstić information content (AvgIpc) is 2.88. The highest BCUT2D eigenvalue weighted by Crippen LogP contribution is 2.40. The van der Waals surface area contributed by atoms with Gasteiger partial charge in [-0.05, 0) is 32.3 Å². The van der Waals surface area contributed by atoms with Gasteiger partial charge in [-0.3, -0.25) is 4.90 Å². The maximum absolute atomic E-state index is 12.0. The maximum atomic E-state index is 12.0. The molecule has 0 saturated carbocycles. The Morgan fingerprint density at radius 1 is 1.39 bits per heavy atom. The summed E-state index contributed by atoms with van der Waals surface area (Å²) in [5, 5.41) is 10.7. The zero-order valence-electron chi connectivity index (χ0n) is 13.6. The maximum Gasteiger partial charge on any atom is 0.211 e. The molecule has 128 valence electrons. The van der Waals surface area contributed by atoms with E-state index in [0.717, 1.165) is 30.9 Å². The molecule has 2 fully saturated rings. The molecular formula is C15H24N4O3S. The molecule has 1 aromatic heterocycles. The van der Waals surface area contributed by atoms with Crippen molar-refractivity contribution in [2.24, 2.45) is 0 Å². The topological polar surface area (TPSA) is 86.6 Å². The molecule has 0 amide bonds. The summed E-state index contributed by atoms with van der Waals surface area (Å²) in [6.45, 7) is 4.24. The highest BCUT2D eigenvalue weighted by atomic mass is 32.2. The van der Waals surface area contributed by atoms with Crippen LogP contribution in [0.2, 0.25) is 0 Å². The first-order chi connectivity index (χ1) is 10.8. The lowest BCUT2D eigenvalue weighted by Gasteiger charge is -2.47. The average molecular weight is 340 g/mol. The van der Waals surface area contributed by atoms with Gasteiger partial charge in [-0.25, -0.2) is 18.4 Å². The molecular weight excluding hydrogens is 316 g/mol. The van der Waals surface area contributed by atoms with Gasteiger partial charge in [-0.2, -0.15) is 4.31 Å². The van der Waals surface area contributed by atoms with Crippen molar-refractivity contribution in [2.75, 3.05) is 25.9 Å². The van der Waals surface area contributed by atoms with E-state index in [0.29, 0.717) is 26.1 Å². The van der Waals surface area contributed by atoms with Gasteiger partial charge < -0.3 is 5.11 Å². The summed E-state index contributed by atoms with van der Waals surface area (Å²) in [4.78, 5) is 10.6. The minimum atomic E-state index is -3.29. The second-order valence-electron chi connectivity index (χ2n) is 6.64. The Morgan fingerprint density at radius 2 is 2.17 bits per heavy atom. The van der Waals surface area contributed by atoms with E-state index in [1.165, 1.54) is 10.6 Å². The van der Waals surface area contributed by atoms with E-state index < -0.39 is 21.7 Å². The lowest BCUT2D eigenvalue weighted by molar-refractivity contribution is -0.0383. The Balaban J connectivity index is 1.72. The summed E-state index contributed by atoms with van der Waals surface area (Å²) in [6, 6.07) is 1.88. The molecule has 0 bridgehead atoms. The molecule has 0 aromatic carbocycles. The van der Waals surface area contributed by atoms with E-state index in [4.69, 9.17) is 0 Å². The molecule has 0 unspecified atom stereocenters. The third kappa shape index (κ3) is 3.26. The van der Waals surface area contributed by atoms with Crippen LogP contribution in [0.4, 0.5) is 0 Å². The first kappa shape index (κ1) is 16.8. The number of aliphatic hydroxyl groups is 1. The molecule has 2 aliphatic heterocycles. The fourth-order valence-corrected chi connectivity index (χ4v) is 5.37. The molecule has 3 heterocycles. The molecule has 23 heavy (non-hydrogen) atoms. The SMILES string of the molecule is Cc1nccc(CN2CC[C@@]3(CCCN3S(C)(=O)=O)[C@@H](O)C2)n1. The fourth-order valence-electron chi connectivity index (χ4n) is 3.94. The summed E-state index contributed by atoms with van der Waals surface area (Å²) in [5.41, 5.74) is 0.304. The Hall–Kier alpha value is -1.09. The van der Waals surface area contributed by atoms with E-state index in [1.54, 1.807) is 6.20 Å². The quantitative estimate of drug-likeness (QED) is 0.843. The molecule has 2 aliphatic rings. The first-order valence-corrected chi connectivity index (χ1v) is 9.83. The number of piperidine rings is 1. The van der Waals surface area contributed by atoms with Gasteiger partial charge in [0, 0.05) is 32.4 Å². The number of hydrogen-bond donors (Lipinski definition) is 1. The van der Waals surface area contributed by atoms with E-state index in [-0.39, 0.29) is 0 Å². The van der Waals surface area contributed by atoms with Crippen molar-refractivity contribution in [1.29, 1.82) is 0 Å². The molecule has 3 rings (SSSR count). The fraction of sp³-hybridized carbons (Fsp3) is 0.733. The van der Waals surface area contributed by atoms with Crippen LogP contribution >= 0.6 is 0 Å². The van der Waals surface area contributed by atoms with Gasteiger partial charge in [-0.15, -0.1) is 0 Å². The predicted octanol–water partition coefficient (Wildman–Crippen LogP) is 0.146. The van der Waals surface area contributed by atoms with Crippen molar-refractivity contribution in [3.63, 3.8) is 0 Å². The Labute approximate surface area is 137 Å². The summed E-state index contributed by atoms with van der Waals surface area (Å²) in [5.74, 6) is 0.732. The van der Waals surface area contributed by atoms with Gasteiger partial charge in [0.2, 0.25) is 10.0 Å². The number of aliphatic hydroxyl groups excluding tert-OH is 1. The Bertz CT molecular complexity index is 681. The van der Waals surface area contributed by atoms with E-state index in [2.05, 4.69) is 14.9 Å². The van der Waals surface area contributed by atoms with Crippen molar-refractivity contribution in [3.8, 4) is 0 Å². The standard InChI is InChI=1S/C15H24N4O3S/c1-12-16-7-4-13(17-12)10-18-9-6-15(14(20)11-18)5-3-8-19(15)23(2,21)22/h4,7,14,20H,3,5-6,8-11H2,1-2H3/t14-,15-/m0/s1. The van der Waals surface area contributed by atoms with Gasteiger partial charge in [0.1, 0.15) is 5.82 Å². The van der Waals surface area contributed by atoms with Crippen molar-refractivity contribution in [3.05, 3.63) is 23.8 Å². The Kier molecular flexibility index (Phi) is 4.43. The second-order valence-corrected chi connectivity index (χ2v) is 8.55. The number of sulfonamides is 1. The number of hydrogen-bond acceptors (Lipinski definition) is 6. The number of nitrogens with zero attached hydrogens (tertiary/aromatic N) is 4. The second kappa shape index (κ2) is 6.08. The zero-order valence-corrected chi connectivity index (χ0v) is 14.5. The zero-order chi connectivity index (χ0) is 16.7. The van der Waals surface area contributed by atoms with E-state index >= 15 is 0 Å². The van der Waals surface area contributed by atoms with Crippen LogP contribution in [-0.2, 0) is 16.6 Å². The molecule has 2 atom stereocenters. The molecule has 1 aromatic rings. The summed E-state index contributed by atoms with van der Waals surface area (Å²) in [6.07, 6.45) is 4.52. The third-order valence-electron chi connectivity index (χ3n) is 5.00. The summed E-state index contributed by atoms with van der Waals surface area (Å²) < 4.78 is 25.6. The number of β-amino-alcohol motifs (C(OH)–C–C–N with tert-alkyl or cyclic N) is 1. The van der Waals surface area contributed by atoms with Gasteiger partial charge >= 0.3 is 0 Å². The number of rotatable bonds is 3. The smallest absolute Gasteiger partial charge is 0.211 e. The Morgan fingerprint density at radius 3 is 2.83 bits per heavy atom. The lowest BCUT2D eigenvalue weighted by atomic mass is 9.83. The van der Waals surface area contributed by atoms with Crippen molar-refractivity contribution < 1.29 is 13.5 Å². The predicted molar refractivity (Wildman–Crippen MR) is 86.2 cm³/mol. The monoisotopic (exact) mass is 340 g/mol. The van der Waals surface area contributed by atoms with Crippen LogP contribution in [0, 0.1) is 6.92 Å². The van der Waals surface area contributed by atoms with Gasteiger partial charge in [0.25, 0.3) is 0 Å². The third-order valence-corrected chi connectivity index (χ3v) is 6.35. The molecule has 1 N–H and O–H groups in total.